The highest BCUT2D eigenvalue weighted by atomic mass is 16.5. The van der Waals surface area contributed by atoms with Crippen molar-refractivity contribution in [2.45, 2.75) is 39.7 Å². The number of hydrogen-bond acceptors (Lipinski definition) is 4. The minimum Gasteiger partial charge on any atom is -0.467 e. The Morgan fingerprint density at radius 1 is 1.48 bits per heavy atom. The molecule has 0 bridgehead atoms. The molecule has 120 valence electrons. The first kappa shape index (κ1) is 17.7. The van der Waals surface area contributed by atoms with Crippen molar-refractivity contribution in [1.29, 1.82) is 0 Å². The zero-order chi connectivity index (χ0) is 15.5. The largest absolute Gasteiger partial charge is 0.467 e. The van der Waals surface area contributed by atoms with Gasteiger partial charge in [0.1, 0.15) is 12.4 Å². The quantitative estimate of drug-likeness (QED) is 0.614. The normalized spacial score (nSPS) is 12.6. The standard InChI is InChI=1S/C16H28N2O3/c1-13(2)9-14(11-17)10-16(19)18-6-4-7-20-12-15-5-3-8-21-15/h3,5,8,13-14H,4,6-7,9-12,17H2,1-2H3,(H,18,19). The van der Waals surface area contributed by atoms with Gasteiger partial charge in [0.15, 0.2) is 0 Å². The molecule has 1 heterocycles. The van der Waals surface area contributed by atoms with E-state index >= 15 is 0 Å². The molecule has 0 radical (unpaired) electrons. The fourth-order valence-electron chi connectivity index (χ4n) is 2.23. The van der Waals surface area contributed by atoms with E-state index in [9.17, 15) is 4.79 Å². The molecule has 0 saturated heterocycles. The van der Waals surface area contributed by atoms with Crippen LogP contribution in [0.5, 0.6) is 0 Å². The van der Waals surface area contributed by atoms with Crippen LogP contribution in [0, 0.1) is 11.8 Å². The monoisotopic (exact) mass is 296 g/mol. The molecule has 0 saturated carbocycles. The SMILES string of the molecule is CC(C)CC(CN)CC(=O)NCCCOCc1ccco1. The average molecular weight is 296 g/mol. The topological polar surface area (TPSA) is 77.5 Å². The average Bonchev–Trinajstić information content (AvgIpc) is 2.94. The molecule has 1 aromatic heterocycles. The van der Waals surface area contributed by atoms with Crippen molar-refractivity contribution in [3.63, 3.8) is 0 Å². The van der Waals surface area contributed by atoms with Crippen LogP contribution < -0.4 is 11.1 Å². The Morgan fingerprint density at radius 2 is 2.29 bits per heavy atom. The van der Waals surface area contributed by atoms with Crippen LogP contribution >= 0.6 is 0 Å². The fraction of sp³-hybridized carbons (Fsp3) is 0.688. The third-order valence-corrected chi connectivity index (χ3v) is 3.22. The summed E-state index contributed by atoms with van der Waals surface area (Å²) in [6, 6.07) is 3.72. The molecule has 1 amide bonds. The molecule has 5 heteroatoms. The maximum atomic E-state index is 11.8. The van der Waals surface area contributed by atoms with E-state index in [4.69, 9.17) is 14.9 Å². The third kappa shape index (κ3) is 8.52. The van der Waals surface area contributed by atoms with E-state index in [1.807, 2.05) is 12.1 Å². The lowest BCUT2D eigenvalue weighted by atomic mass is 9.94. The summed E-state index contributed by atoms with van der Waals surface area (Å²) in [5.74, 6) is 1.75. The number of ether oxygens (including phenoxy) is 1. The highest BCUT2D eigenvalue weighted by Crippen LogP contribution is 2.13. The predicted octanol–water partition coefficient (Wildman–Crippen LogP) is 2.31. The minimum atomic E-state index is 0.0807. The summed E-state index contributed by atoms with van der Waals surface area (Å²) < 4.78 is 10.6. The second-order valence-electron chi connectivity index (χ2n) is 5.77. The van der Waals surface area contributed by atoms with Crippen molar-refractivity contribution >= 4 is 5.91 Å². The molecular weight excluding hydrogens is 268 g/mol. The molecule has 1 atom stereocenters. The summed E-state index contributed by atoms with van der Waals surface area (Å²) in [6.07, 6.45) is 3.94. The van der Waals surface area contributed by atoms with Gasteiger partial charge in [0.05, 0.1) is 6.26 Å². The summed E-state index contributed by atoms with van der Waals surface area (Å²) in [5, 5.41) is 2.92. The summed E-state index contributed by atoms with van der Waals surface area (Å²) in [7, 11) is 0. The molecule has 0 aliphatic heterocycles. The Balaban J connectivity index is 2.02. The Morgan fingerprint density at radius 3 is 2.90 bits per heavy atom. The summed E-state index contributed by atoms with van der Waals surface area (Å²) in [5.41, 5.74) is 5.70. The lowest BCUT2D eigenvalue weighted by Gasteiger charge is -2.16. The third-order valence-electron chi connectivity index (χ3n) is 3.22. The molecule has 0 aliphatic rings. The van der Waals surface area contributed by atoms with Crippen molar-refractivity contribution in [3.8, 4) is 0 Å². The molecule has 5 nitrogen and oxygen atoms in total. The first-order valence-electron chi connectivity index (χ1n) is 7.68. The van der Waals surface area contributed by atoms with Crippen molar-refractivity contribution in [3.05, 3.63) is 24.2 Å². The van der Waals surface area contributed by atoms with Crippen molar-refractivity contribution in [2.24, 2.45) is 17.6 Å². The Labute approximate surface area is 127 Å². The molecule has 3 N–H and O–H groups in total. The van der Waals surface area contributed by atoms with Gasteiger partial charge in [-0.05, 0) is 43.4 Å². The van der Waals surface area contributed by atoms with Crippen LogP contribution in [-0.4, -0.2) is 25.6 Å². The molecule has 0 spiro atoms. The number of nitrogens with two attached hydrogens (primary N) is 1. The second-order valence-corrected chi connectivity index (χ2v) is 5.77. The van der Waals surface area contributed by atoms with Crippen LogP contribution in [0.3, 0.4) is 0 Å². The number of hydrogen-bond donors (Lipinski definition) is 2. The molecule has 1 rings (SSSR count). The first-order chi connectivity index (χ1) is 10.1. The minimum absolute atomic E-state index is 0.0807. The number of amides is 1. The number of carbonyl (C=O) groups is 1. The second kappa shape index (κ2) is 10.4. The van der Waals surface area contributed by atoms with Gasteiger partial charge in [-0.2, -0.15) is 0 Å². The van der Waals surface area contributed by atoms with E-state index in [0.29, 0.717) is 38.6 Å². The van der Waals surface area contributed by atoms with Gasteiger partial charge >= 0.3 is 0 Å². The summed E-state index contributed by atoms with van der Waals surface area (Å²) in [6.45, 7) is 6.58. The summed E-state index contributed by atoms with van der Waals surface area (Å²) in [4.78, 5) is 11.8. The van der Waals surface area contributed by atoms with Gasteiger partial charge < -0.3 is 20.2 Å². The van der Waals surface area contributed by atoms with Gasteiger partial charge in [0.2, 0.25) is 5.91 Å². The Bertz CT molecular complexity index is 377. The van der Waals surface area contributed by atoms with E-state index in [1.165, 1.54) is 0 Å². The zero-order valence-electron chi connectivity index (χ0n) is 13.1. The van der Waals surface area contributed by atoms with Crippen molar-refractivity contribution < 1.29 is 13.9 Å². The van der Waals surface area contributed by atoms with Crippen LogP contribution in [0.2, 0.25) is 0 Å². The molecule has 21 heavy (non-hydrogen) atoms. The van der Waals surface area contributed by atoms with Crippen LogP contribution in [0.25, 0.3) is 0 Å². The van der Waals surface area contributed by atoms with E-state index in [0.717, 1.165) is 18.6 Å². The zero-order valence-corrected chi connectivity index (χ0v) is 13.1. The van der Waals surface area contributed by atoms with E-state index in [1.54, 1.807) is 6.26 Å². The molecular formula is C16H28N2O3. The maximum Gasteiger partial charge on any atom is 0.220 e. The summed E-state index contributed by atoms with van der Waals surface area (Å²) >= 11 is 0. The first-order valence-corrected chi connectivity index (χ1v) is 7.68. The number of carbonyl (C=O) groups excluding carboxylic acids is 1. The van der Waals surface area contributed by atoms with Gasteiger partial charge in [0.25, 0.3) is 0 Å². The smallest absolute Gasteiger partial charge is 0.220 e. The van der Waals surface area contributed by atoms with Gasteiger partial charge in [-0.3, -0.25) is 4.79 Å². The lowest BCUT2D eigenvalue weighted by Crippen LogP contribution is -2.30. The molecule has 0 aliphatic carbocycles. The van der Waals surface area contributed by atoms with Crippen LogP contribution in [0.4, 0.5) is 0 Å². The predicted molar refractivity (Wildman–Crippen MR) is 82.6 cm³/mol. The number of nitrogens with one attached hydrogen (secondary N) is 1. The van der Waals surface area contributed by atoms with Crippen molar-refractivity contribution in [2.75, 3.05) is 19.7 Å². The number of rotatable bonds is 11. The maximum absolute atomic E-state index is 11.8. The van der Waals surface area contributed by atoms with Gasteiger partial charge in [0, 0.05) is 19.6 Å². The van der Waals surface area contributed by atoms with Crippen molar-refractivity contribution in [1.82, 2.24) is 5.32 Å². The highest BCUT2D eigenvalue weighted by Gasteiger charge is 2.13. The Kier molecular flexibility index (Phi) is 8.78. The molecule has 0 fully saturated rings. The lowest BCUT2D eigenvalue weighted by molar-refractivity contribution is -0.122. The fourth-order valence-corrected chi connectivity index (χ4v) is 2.23. The van der Waals surface area contributed by atoms with Crippen LogP contribution in [0.1, 0.15) is 38.9 Å². The van der Waals surface area contributed by atoms with Gasteiger partial charge in [-0.25, -0.2) is 0 Å². The highest BCUT2D eigenvalue weighted by molar-refractivity contribution is 5.76. The molecule has 1 unspecified atom stereocenters. The molecule has 1 aromatic rings. The van der Waals surface area contributed by atoms with E-state index in [2.05, 4.69) is 19.2 Å². The molecule has 0 aromatic carbocycles. The number of furan rings is 1. The van der Waals surface area contributed by atoms with Crippen LogP contribution in [-0.2, 0) is 16.1 Å². The van der Waals surface area contributed by atoms with Crippen LogP contribution in [0.15, 0.2) is 22.8 Å². The van der Waals surface area contributed by atoms with Gasteiger partial charge in [-0.15, -0.1) is 0 Å². The van der Waals surface area contributed by atoms with Gasteiger partial charge in [-0.1, -0.05) is 13.8 Å². The van der Waals surface area contributed by atoms with E-state index in [-0.39, 0.29) is 11.8 Å². The van der Waals surface area contributed by atoms with E-state index < -0.39 is 0 Å². The Hall–Kier alpha value is -1.33.